The van der Waals surface area contributed by atoms with Crippen molar-refractivity contribution in [3.05, 3.63) is 29.5 Å². The van der Waals surface area contributed by atoms with Crippen molar-refractivity contribution in [3.63, 3.8) is 0 Å². The molecule has 0 aromatic heterocycles. The van der Waals surface area contributed by atoms with Gasteiger partial charge in [-0.2, -0.15) is 0 Å². The van der Waals surface area contributed by atoms with Crippen LogP contribution < -0.4 is 9.47 Å². The first-order valence-electron chi connectivity index (χ1n) is 4.97. The number of carbonyl (C=O) groups is 1. The summed E-state index contributed by atoms with van der Waals surface area (Å²) in [4.78, 5) is 10.3. The Bertz CT molecular complexity index is 536. The third kappa shape index (κ3) is 3.54. The summed E-state index contributed by atoms with van der Waals surface area (Å²) in [6.45, 7) is -0.112. The van der Waals surface area contributed by atoms with E-state index in [1.165, 1.54) is 12.1 Å². The monoisotopic (exact) mass is 276 g/mol. The SMILES string of the molecule is O=C(O)OC1=Cc2cc(OC(F)(F)F)ccc2OC1. The van der Waals surface area contributed by atoms with Gasteiger partial charge in [-0.25, -0.2) is 4.79 Å². The Morgan fingerprint density at radius 1 is 1.37 bits per heavy atom. The van der Waals surface area contributed by atoms with E-state index in [9.17, 15) is 18.0 Å². The van der Waals surface area contributed by atoms with E-state index in [-0.39, 0.29) is 17.9 Å². The van der Waals surface area contributed by atoms with Crippen molar-refractivity contribution in [2.75, 3.05) is 6.61 Å². The van der Waals surface area contributed by atoms with Gasteiger partial charge in [0.05, 0.1) is 0 Å². The van der Waals surface area contributed by atoms with Gasteiger partial charge in [0.25, 0.3) is 0 Å². The molecular formula is C11H7F3O5. The summed E-state index contributed by atoms with van der Waals surface area (Å²) >= 11 is 0. The third-order valence-electron chi connectivity index (χ3n) is 2.12. The molecule has 0 saturated heterocycles. The first-order valence-corrected chi connectivity index (χ1v) is 4.97. The first kappa shape index (κ1) is 13.1. The topological polar surface area (TPSA) is 65.0 Å². The minimum absolute atomic E-state index is 0.0239. The largest absolute Gasteiger partial charge is 0.573 e. The Kier molecular flexibility index (Phi) is 3.24. The zero-order chi connectivity index (χ0) is 14.0. The molecule has 0 amide bonds. The number of fused-ring (bicyclic) bond motifs is 1. The number of hydrogen-bond donors (Lipinski definition) is 1. The number of carboxylic acid groups (broad SMARTS) is 1. The third-order valence-corrected chi connectivity index (χ3v) is 2.12. The standard InChI is InChI=1S/C11H7F3O5/c12-11(13,14)19-7-1-2-9-6(3-7)4-8(5-17-9)18-10(15)16/h1-4H,5H2,(H,15,16). The van der Waals surface area contributed by atoms with Crippen LogP contribution in [0.1, 0.15) is 5.56 Å². The molecule has 0 unspecified atom stereocenters. The lowest BCUT2D eigenvalue weighted by Gasteiger charge is -2.17. The first-order chi connectivity index (χ1) is 8.83. The van der Waals surface area contributed by atoms with Crippen LogP contribution in [0.2, 0.25) is 0 Å². The van der Waals surface area contributed by atoms with E-state index in [2.05, 4.69) is 9.47 Å². The van der Waals surface area contributed by atoms with Crippen LogP contribution in [0.15, 0.2) is 24.0 Å². The number of benzene rings is 1. The van der Waals surface area contributed by atoms with E-state index in [4.69, 9.17) is 9.84 Å². The molecule has 1 aromatic rings. The summed E-state index contributed by atoms with van der Waals surface area (Å²) in [5.74, 6) is -0.140. The maximum Gasteiger partial charge on any atom is 0.573 e. The van der Waals surface area contributed by atoms with Gasteiger partial charge < -0.3 is 19.3 Å². The highest BCUT2D eigenvalue weighted by Crippen LogP contribution is 2.32. The van der Waals surface area contributed by atoms with Gasteiger partial charge in [-0.1, -0.05) is 0 Å². The molecule has 2 rings (SSSR count). The highest BCUT2D eigenvalue weighted by atomic mass is 19.4. The molecule has 1 N–H and O–H groups in total. The molecule has 0 bridgehead atoms. The lowest BCUT2D eigenvalue weighted by molar-refractivity contribution is -0.274. The molecule has 0 aliphatic carbocycles. The van der Waals surface area contributed by atoms with Crippen molar-refractivity contribution in [1.82, 2.24) is 0 Å². The Hall–Kier alpha value is -2.38. The predicted molar refractivity (Wildman–Crippen MR) is 55.7 cm³/mol. The van der Waals surface area contributed by atoms with Gasteiger partial charge in [-0.05, 0) is 24.3 Å². The second kappa shape index (κ2) is 4.71. The van der Waals surface area contributed by atoms with Crippen LogP contribution in [0.5, 0.6) is 11.5 Å². The molecule has 1 aliphatic rings. The van der Waals surface area contributed by atoms with Crippen LogP contribution in [0.4, 0.5) is 18.0 Å². The second-order valence-electron chi connectivity index (χ2n) is 3.51. The van der Waals surface area contributed by atoms with Gasteiger partial charge in [0.1, 0.15) is 23.9 Å². The number of hydrogen-bond acceptors (Lipinski definition) is 4. The normalized spacial score (nSPS) is 13.9. The molecule has 0 radical (unpaired) electrons. The fraction of sp³-hybridized carbons (Fsp3) is 0.182. The van der Waals surface area contributed by atoms with Crippen LogP contribution in [0.25, 0.3) is 6.08 Å². The molecular weight excluding hydrogens is 269 g/mol. The maximum absolute atomic E-state index is 12.1. The fourth-order valence-corrected chi connectivity index (χ4v) is 1.50. The average molecular weight is 276 g/mol. The number of alkyl halides is 3. The van der Waals surface area contributed by atoms with E-state index in [1.807, 2.05) is 0 Å². The zero-order valence-corrected chi connectivity index (χ0v) is 9.23. The predicted octanol–water partition coefficient (Wildman–Crippen LogP) is 3.01. The molecule has 1 heterocycles. The minimum atomic E-state index is -4.80. The van der Waals surface area contributed by atoms with E-state index >= 15 is 0 Å². The van der Waals surface area contributed by atoms with E-state index in [1.54, 1.807) is 0 Å². The van der Waals surface area contributed by atoms with Crippen LogP contribution in [-0.4, -0.2) is 24.2 Å². The van der Waals surface area contributed by atoms with Gasteiger partial charge in [-0.3, -0.25) is 0 Å². The van der Waals surface area contributed by atoms with Crippen molar-refractivity contribution in [3.8, 4) is 11.5 Å². The highest BCUT2D eigenvalue weighted by Gasteiger charge is 2.31. The lowest BCUT2D eigenvalue weighted by Crippen LogP contribution is -2.17. The quantitative estimate of drug-likeness (QED) is 0.841. The molecule has 19 heavy (non-hydrogen) atoms. The summed E-state index contributed by atoms with van der Waals surface area (Å²) in [7, 11) is 0. The van der Waals surface area contributed by atoms with Crippen LogP contribution in [-0.2, 0) is 4.74 Å². The van der Waals surface area contributed by atoms with Gasteiger partial charge >= 0.3 is 12.5 Å². The van der Waals surface area contributed by atoms with Crippen molar-refractivity contribution >= 4 is 12.2 Å². The highest BCUT2D eigenvalue weighted by molar-refractivity contribution is 5.66. The Morgan fingerprint density at radius 2 is 2.11 bits per heavy atom. The fourth-order valence-electron chi connectivity index (χ4n) is 1.50. The molecule has 0 atom stereocenters. The number of rotatable bonds is 2. The molecule has 1 aromatic carbocycles. The average Bonchev–Trinajstić information content (AvgIpc) is 2.25. The summed E-state index contributed by atoms with van der Waals surface area (Å²) in [5.41, 5.74) is 0.240. The molecule has 8 heteroatoms. The summed E-state index contributed by atoms with van der Waals surface area (Å²) < 4.78 is 49.4. The molecule has 0 fully saturated rings. The van der Waals surface area contributed by atoms with Gasteiger partial charge in [0, 0.05) is 5.56 Å². The summed E-state index contributed by atoms with van der Waals surface area (Å²) in [5, 5.41) is 8.43. The minimum Gasteiger partial charge on any atom is -0.485 e. The van der Waals surface area contributed by atoms with Gasteiger partial charge in [0.15, 0.2) is 0 Å². The van der Waals surface area contributed by atoms with Crippen molar-refractivity contribution in [1.29, 1.82) is 0 Å². The van der Waals surface area contributed by atoms with E-state index in [0.29, 0.717) is 5.75 Å². The Balaban J connectivity index is 2.25. The number of halogens is 3. The van der Waals surface area contributed by atoms with Crippen LogP contribution >= 0.6 is 0 Å². The summed E-state index contributed by atoms with van der Waals surface area (Å²) in [6.07, 6.45) is -5.05. The summed E-state index contributed by atoms with van der Waals surface area (Å²) in [6, 6.07) is 3.47. The molecule has 102 valence electrons. The smallest absolute Gasteiger partial charge is 0.485 e. The van der Waals surface area contributed by atoms with Crippen LogP contribution in [0, 0.1) is 0 Å². The Labute approximate surface area is 104 Å². The van der Waals surface area contributed by atoms with E-state index in [0.717, 1.165) is 12.1 Å². The zero-order valence-electron chi connectivity index (χ0n) is 9.23. The number of ether oxygens (including phenoxy) is 3. The van der Waals surface area contributed by atoms with Crippen molar-refractivity contribution < 1.29 is 37.3 Å². The van der Waals surface area contributed by atoms with E-state index < -0.39 is 18.3 Å². The second-order valence-corrected chi connectivity index (χ2v) is 3.51. The lowest BCUT2D eigenvalue weighted by atomic mass is 10.1. The Morgan fingerprint density at radius 3 is 2.74 bits per heavy atom. The van der Waals surface area contributed by atoms with Crippen molar-refractivity contribution in [2.45, 2.75) is 6.36 Å². The van der Waals surface area contributed by atoms with Crippen molar-refractivity contribution in [2.24, 2.45) is 0 Å². The van der Waals surface area contributed by atoms with Gasteiger partial charge in [0.2, 0.25) is 0 Å². The molecule has 0 spiro atoms. The maximum atomic E-state index is 12.1. The molecule has 0 saturated carbocycles. The molecule has 1 aliphatic heterocycles. The van der Waals surface area contributed by atoms with Gasteiger partial charge in [-0.15, -0.1) is 13.2 Å². The molecule has 5 nitrogen and oxygen atoms in total. The van der Waals surface area contributed by atoms with Crippen LogP contribution in [0.3, 0.4) is 0 Å².